The maximum absolute atomic E-state index is 11.7. The summed E-state index contributed by atoms with van der Waals surface area (Å²) in [5.41, 5.74) is 0.170. The Kier molecular flexibility index (Phi) is 2.28. The molecule has 69 valence electrons. The van der Waals surface area contributed by atoms with Gasteiger partial charge in [-0.3, -0.25) is 0 Å². The molecule has 0 spiro atoms. The first-order valence-electron chi connectivity index (χ1n) is 4.08. The maximum atomic E-state index is 11.7. The van der Waals surface area contributed by atoms with Crippen molar-refractivity contribution in [1.82, 2.24) is 5.06 Å². The van der Waals surface area contributed by atoms with E-state index in [0.29, 0.717) is 5.88 Å². The van der Waals surface area contributed by atoms with Gasteiger partial charge in [0.15, 0.2) is 0 Å². The zero-order valence-electron chi connectivity index (χ0n) is 8.02. The topological polar surface area (TPSA) is 23.1 Å². The molecule has 12 heavy (non-hydrogen) atoms. The van der Waals surface area contributed by atoms with Crippen LogP contribution in [0.4, 0.5) is 0 Å². The van der Waals surface area contributed by atoms with Crippen LogP contribution in [-0.4, -0.2) is 22.0 Å². The van der Waals surface area contributed by atoms with Crippen molar-refractivity contribution < 1.29 is 5.21 Å². The Bertz CT molecular complexity index is 221. The molecule has 0 N–H and O–H groups in total. The van der Waals surface area contributed by atoms with Crippen LogP contribution in [0, 0.1) is 0 Å². The Balaban J connectivity index is 3.03. The van der Waals surface area contributed by atoms with Crippen LogP contribution >= 0.6 is 11.6 Å². The zero-order chi connectivity index (χ0) is 9.57. The highest BCUT2D eigenvalue weighted by Gasteiger charge is 2.45. The SMILES string of the molecule is CC1(C)C=C(CCl)C(C)(C)N1[O]. The molecule has 0 aromatic rings. The van der Waals surface area contributed by atoms with E-state index < -0.39 is 11.1 Å². The van der Waals surface area contributed by atoms with Gasteiger partial charge in [0.25, 0.3) is 0 Å². The second kappa shape index (κ2) is 2.72. The highest BCUT2D eigenvalue weighted by Crippen LogP contribution is 2.38. The van der Waals surface area contributed by atoms with E-state index in [0.717, 1.165) is 10.6 Å². The molecule has 0 atom stereocenters. The van der Waals surface area contributed by atoms with Gasteiger partial charge in [0.2, 0.25) is 0 Å². The van der Waals surface area contributed by atoms with Crippen molar-refractivity contribution in [2.24, 2.45) is 0 Å². The number of hydrogen-bond donors (Lipinski definition) is 0. The Hall–Kier alpha value is -0.0500. The summed E-state index contributed by atoms with van der Waals surface area (Å²) in [5, 5.41) is 12.8. The number of alkyl halides is 1. The quantitative estimate of drug-likeness (QED) is 0.458. The summed E-state index contributed by atoms with van der Waals surface area (Å²) in [7, 11) is 0. The standard InChI is InChI=1S/C9H15ClNO/c1-8(2)5-7(6-10)9(3,4)11(8)12/h5H,6H2,1-4H3. The van der Waals surface area contributed by atoms with Crippen molar-refractivity contribution in [3.8, 4) is 0 Å². The third kappa shape index (κ3) is 1.28. The Morgan fingerprint density at radius 3 is 2.08 bits per heavy atom. The van der Waals surface area contributed by atoms with E-state index in [-0.39, 0.29) is 0 Å². The molecule has 0 saturated carbocycles. The number of hydroxylamine groups is 2. The molecule has 0 unspecified atom stereocenters. The summed E-state index contributed by atoms with van der Waals surface area (Å²) in [6.07, 6.45) is 1.97. The van der Waals surface area contributed by atoms with E-state index in [4.69, 9.17) is 11.6 Å². The minimum absolute atomic E-state index is 0.409. The van der Waals surface area contributed by atoms with Gasteiger partial charge in [0.05, 0.1) is 11.1 Å². The molecule has 1 rings (SSSR count). The number of halogens is 1. The van der Waals surface area contributed by atoms with Crippen molar-refractivity contribution in [3.63, 3.8) is 0 Å². The molecule has 0 aromatic heterocycles. The Morgan fingerprint density at radius 2 is 1.92 bits per heavy atom. The van der Waals surface area contributed by atoms with Crippen LogP contribution in [0.15, 0.2) is 11.6 Å². The molecule has 0 aliphatic carbocycles. The minimum atomic E-state index is -0.439. The fraction of sp³-hybridized carbons (Fsp3) is 0.778. The molecule has 3 heteroatoms. The second-order valence-electron chi connectivity index (χ2n) is 4.31. The average molecular weight is 189 g/mol. The molecular formula is C9H15ClNO. The molecule has 0 bridgehead atoms. The van der Waals surface area contributed by atoms with Crippen molar-refractivity contribution in [2.75, 3.05) is 5.88 Å². The predicted molar refractivity (Wildman–Crippen MR) is 49.5 cm³/mol. The summed E-state index contributed by atoms with van der Waals surface area (Å²) in [6.45, 7) is 7.62. The lowest BCUT2D eigenvalue weighted by Crippen LogP contribution is -2.46. The highest BCUT2D eigenvalue weighted by molar-refractivity contribution is 6.19. The van der Waals surface area contributed by atoms with Crippen LogP contribution in [0.5, 0.6) is 0 Å². The molecule has 1 aliphatic rings. The van der Waals surface area contributed by atoms with Crippen molar-refractivity contribution in [2.45, 2.75) is 38.8 Å². The van der Waals surface area contributed by atoms with Gasteiger partial charge in [-0.1, -0.05) is 6.08 Å². The van der Waals surface area contributed by atoms with Crippen LogP contribution in [0.1, 0.15) is 27.7 Å². The predicted octanol–water partition coefficient (Wildman–Crippen LogP) is 2.37. The van der Waals surface area contributed by atoms with Gasteiger partial charge in [-0.05, 0) is 33.3 Å². The third-order valence-electron chi connectivity index (χ3n) is 2.49. The summed E-state index contributed by atoms with van der Waals surface area (Å²) in [5.74, 6) is 0.440. The first-order chi connectivity index (χ1) is 5.32. The fourth-order valence-corrected chi connectivity index (χ4v) is 2.12. The van der Waals surface area contributed by atoms with Crippen LogP contribution in [-0.2, 0) is 5.21 Å². The van der Waals surface area contributed by atoms with E-state index in [1.165, 1.54) is 0 Å². The lowest BCUT2D eigenvalue weighted by molar-refractivity contribution is -0.238. The van der Waals surface area contributed by atoms with Crippen molar-refractivity contribution in [3.05, 3.63) is 11.6 Å². The number of rotatable bonds is 1. The van der Waals surface area contributed by atoms with E-state index in [1.807, 2.05) is 33.8 Å². The minimum Gasteiger partial charge on any atom is -0.136 e. The second-order valence-corrected chi connectivity index (χ2v) is 4.58. The van der Waals surface area contributed by atoms with E-state index in [9.17, 15) is 5.21 Å². The molecule has 0 aromatic carbocycles. The van der Waals surface area contributed by atoms with Gasteiger partial charge in [0.1, 0.15) is 0 Å². The summed E-state index contributed by atoms with van der Waals surface area (Å²) < 4.78 is 0. The summed E-state index contributed by atoms with van der Waals surface area (Å²) >= 11 is 5.75. The number of nitrogens with zero attached hydrogens (tertiary/aromatic N) is 1. The van der Waals surface area contributed by atoms with Crippen molar-refractivity contribution in [1.29, 1.82) is 0 Å². The normalized spacial score (nSPS) is 27.3. The van der Waals surface area contributed by atoms with Crippen LogP contribution in [0.25, 0.3) is 0 Å². The lowest BCUT2D eigenvalue weighted by Gasteiger charge is -2.33. The van der Waals surface area contributed by atoms with Crippen LogP contribution in [0.2, 0.25) is 0 Å². The molecule has 1 aliphatic heterocycles. The van der Waals surface area contributed by atoms with E-state index in [2.05, 4.69) is 0 Å². The van der Waals surface area contributed by atoms with Crippen molar-refractivity contribution >= 4 is 11.6 Å². The van der Waals surface area contributed by atoms with E-state index in [1.54, 1.807) is 0 Å². The van der Waals surface area contributed by atoms with Gasteiger partial charge >= 0.3 is 0 Å². The molecule has 1 heterocycles. The summed E-state index contributed by atoms with van der Waals surface area (Å²) in [6, 6.07) is 0. The molecule has 0 saturated heterocycles. The Labute approximate surface area is 78.8 Å². The first kappa shape index (κ1) is 10.0. The lowest BCUT2D eigenvalue weighted by atomic mass is 9.98. The van der Waals surface area contributed by atoms with Crippen LogP contribution in [0.3, 0.4) is 0 Å². The highest BCUT2D eigenvalue weighted by atomic mass is 35.5. The zero-order valence-corrected chi connectivity index (χ0v) is 8.77. The molecule has 0 fully saturated rings. The Morgan fingerprint density at radius 1 is 1.42 bits per heavy atom. The van der Waals surface area contributed by atoms with Crippen LogP contribution < -0.4 is 0 Å². The van der Waals surface area contributed by atoms with Gasteiger partial charge in [0, 0.05) is 5.88 Å². The van der Waals surface area contributed by atoms with E-state index >= 15 is 0 Å². The fourth-order valence-electron chi connectivity index (χ4n) is 1.71. The van der Waals surface area contributed by atoms with Gasteiger partial charge in [-0.2, -0.15) is 0 Å². The smallest absolute Gasteiger partial charge is 0.0667 e. The average Bonchev–Trinajstić information content (AvgIpc) is 2.11. The summed E-state index contributed by atoms with van der Waals surface area (Å²) in [4.78, 5) is 0. The third-order valence-corrected chi connectivity index (χ3v) is 2.78. The molecule has 1 radical (unpaired) electrons. The monoisotopic (exact) mass is 188 g/mol. The molecule has 0 amide bonds. The maximum Gasteiger partial charge on any atom is 0.0667 e. The largest absolute Gasteiger partial charge is 0.136 e. The van der Waals surface area contributed by atoms with Gasteiger partial charge in [-0.25, -0.2) is 0 Å². The van der Waals surface area contributed by atoms with Gasteiger partial charge < -0.3 is 0 Å². The van der Waals surface area contributed by atoms with Gasteiger partial charge in [-0.15, -0.1) is 21.9 Å². The molecular weight excluding hydrogens is 174 g/mol. The first-order valence-corrected chi connectivity index (χ1v) is 4.61. The molecule has 2 nitrogen and oxygen atoms in total. The number of hydrogen-bond acceptors (Lipinski definition) is 1.